The van der Waals surface area contributed by atoms with Crippen molar-refractivity contribution in [1.29, 1.82) is 0 Å². The van der Waals surface area contributed by atoms with Crippen LogP contribution in [0, 0.1) is 13.8 Å². The molecule has 3 rings (SSSR count). The van der Waals surface area contributed by atoms with Crippen molar-refractivity contribution in [2.75, 3.05) is 31.5 Å². The molecule has 1 aliphatic rings. The predicted molar refractivity (Wildman–Crippen MR) is 122 cm³/mol. The molecule has 0 aromatic heterocycles. The molecule has 0 atom stereocenters. The number of carbonyl (C=O) groups excluding carboxylic acids is 2. The Morgan fingerprint density at radius 3 is 2.41 bits per heavy atom. The maximum Gasteiger partial charge on any atom is 0.243 e. The van der Waals surface area contributed by atoms with Gasteiger partial charge in [0.05, 0.1) is 10.6 Å². The van der Waals surface area contributed by atoms with Crippen LogP contribution in [-0.2, 0) is 19.6 Å². The van der Waals surface area contributed by atoms with Gasteiger partial charge in [0.1, 0.15) is 5.75 Å². The van der Waals surface area contributed by atoms with Gasteiger partial charge in [-0.2, -0.15) is 4.31 Å². The van der Waals surface area contributed by atoms with Crippen LogP contribution in [0.3, 0.4) is 0 Å². The fourth-order valence-corrected chi connectivity index (χ4v) is 5.41. The molecule has 0 saturated carbocycles. The van der Waals surface area contributed by atoms with E-state index in [2.05, 4.69) is 5.32 Å². The number of hydrogen-bond donors (Lipinski definition) is 2. The first-order valence-corrected chi connectivity index (χ1v) is 12.0. The zero-order valence-corrected chi connectivity index (χ0v) is 19.5. The van der Waals surface area contributed by atoms with Gasteiger partial charge in [-0.3, -0.25) is 9.59 Å². The van der Waals surface area contributed by atoms with Crippen LogP contribution in [0.25, 0.3) is 0 Å². The topological polar surface area (TPSA) is 107 Å². The van der Waals surface area contributed by atoms with Gasteiger partial charge in [-0.05, 0) is 49.2 Å². The van der Waals surface area contributed by atoms with Gasteiger partial charge in [-0.15, -0.1) is 0 Å². The lowest BCUT2D eigenvalue weighted by atomic mass is 10.2. The van der Waals surface area contributed by atoms with Crippen LogP contribution >= 0.6 is 11.6 Å². The Morgan fingerprint density at radius 1 is 1.03 bits per heavy atom. The maximum atomic E-state index is 13.0. The molecule has 2 N–H and O–H groups in total. The molecular weight excluding hydrogens is 454 g/mol. The van der Waals surface area contributed by atoms with E-state index >= 15 is 0 Å². The smallest absolute Gasteiger partial charge is 0.243 e. The number of aromatic hydroxyl groups is 1. The quantitative estimate of drug-likeness (QED) is 0.619. The van der Waals surface area contributed by atoms with Crippen LogP contribution in [0.1, 0.15) is 24.0 Å². The molecule has 0 unspecified atom stereocenters. The summed E-state index contributed by atoms with van der Waals surface area (Å²) in [5.41, 5.74) is 1.73. The zero-order chi connectivity index (χ0) is 23.5. The number of hydrogen-bond acceptors (Lipinski definition) is 5. The summed E-state index contributed by atoms with van der Waals surface area (Å²) >= 11 is 5.86. The number of nitrogens with one attached hydrogen (secondary N) is 1. The zero-order valence-electron chi connectivity index (χ0n) is 18.0. The van der Waals surface area contributed by atoms with Crippen molar-refractivity contribution in [3.05, 3.63) is 52.5 Å². The van der Waals surface area contributed by atoms with Crippen molar-refractivity contribution >= 4 is 39.1 Å². The van der Waals surface area contributed by atoms with Crippen molar-refractivity contribution in [1.82, 2.24) is 9.21 Å². The van der Waals surface area contributed by atoms with E-state index in [1.165, 1.54) is 22.5 Å². The van der Waals surface area contributed by atoms with Gasteiger partial charge < -0.3 is 15.3 Å². The molecule has 8 nitrogen and oxygen atoms in total. The summed E-state index contributed by atoms with van der Waals surface area (Å²) in [4.78, 5) is 26.5. The Labute approximate surface area is 192 Å². The normalized spacial score (nSPS) is 14.9. The lowest BCUT2D eigenvalue weighted by Crippen LogP contribution is -2.50. The minimum Gasteiger partial charge on any atom is -0.506 e. The van der Waals surface area contributed by atoms with Crippen molar-refractivity contribution in [3.63, 3.8) is 0 Å². The number of piperazine rings is 1. The third-order valence-electron chi connectivity index (χ3n) is 5.35. The van der Waals surface area contributed by atoms with E-state index in [1.54, 1.807) is 24.0 Å². The number of benzene rings is 2. The van der Waals surface area contributed by atoms with Crippen LogP contribution in [0.4, 0.5) is 5.69 Å². The number of phenolic OH excluding ortho intramolecular Hbond substituents is 1. The van der Waals surface area contributed by atoms with E-state index in [0.29, 0.717) is 15.5 Å². The first-order valence-electron chi connectivity index (χ1n) is 10.2. The summed E-state index contributed by atoms with van der Waals surface area (Å²) in [6, 6.07) is 9.61. The van der Waals surface area contributed by atoms with Crippen molar-refractivity contribution < 1.29 is 23.1 Å². The van der Waals surface area contributed by atoms with E-state index in [9.17, 15) is 23.1 Å². The van der Waals surface area contributed by atoms with Crippen LogP contribution in [0.15, 0.2) is 41.3 Å². The van der Waals surface area contributed by atoms with Gasteiger partial charge in [0.2, 0.25) is 21.8 Å². The number of rotatable bonds is 6. The lowest BCUT2D eigenvalue weighted by Gasteiger charge is -2.34. The van der Waals surface area contributed by atoms with Gasteiger partial charge in [0.25, 0.3) is 0 Å². The number of anilines is 1. The monoisotopic (exact) mass is 479 g/mol. The van der Waals surface area contributed by atoms with Crippen molar-refractivity contribution in [2.45, 2.75) is 31.6 Å². The summed E-state index contributed by atoms with van der Waals surface area (Å²) in [7, 11) is -3.64. The molecule has 2 aromatic rings. The second kappa shape index (κ2) is 9.89. The van der Waals surface area contributed by atoms with Crippen LogP contribution in [-0.4, -0.2) is 60.7 Å². The molecule has 1 fully saturated rings. The molecule has 1 aliphatic heterocycles. The molecular formula is C22H26ClN3O5S. The second-order valence-corrected chi connectivity index (χ2v) is 10.1. The summed E-state index contributed by atoms with van der Waals surface area (Å²) < 4.78 is 27.4. The Bertz CT molecular complexity index is 1130. The second-order valence-electron chi connectivity index (χ2n) is 7.76. The Morgan fingerprint density at radius 2 is 1.72 bits per heavy atom. The van der Waals surface area contributed by atoms with Gasteiger partial charge in [-0.25, -0.2) is 8.42 Å². The van der Waals surface area contributed by atoms with Crippen molar-refractivity contribution in [2.24, 2.45) is 0 Å². The highest BCUT2D eigenvalue weighted by atomic mass is 35.5. The molecule has 0 spiro atoms. The van der Waals surface area contributed by atoms with E-state index in [1.807, 2.05) is 13.0 Å². The standard InChI is InChI=1S/C22H26ClN3O5S/c1-15-3-4-16(2)20(13-15)32(30,31)26-11-9-25(10-12-26)22(29)8-7-21(28)24-18-14-17(23)5-6-19(18)27/h3-6,13-14,27H,7-12H2,1-2H3,(H,24,28). The summed E-state index contributed by atoms with van der Waals surface area (Å²) in [6.45, 7) is 4.53. The molecule has 0 aliphatic carbocycles. The third kappa shape index (κ3) is 5.59. The Hall–Kier alpha value is -2.62. The summed E-state index contributed by atoms with van der Waals surface area (Å²) in [5.74, 6) is -0.762. The molecule has 2 amide bonds. The van der Waals surface area contributed by atoms with E-state index in [-0.39, 0.29) is 56.4 Å². The maximum absolute atomic E-state index is 13.0. The number of aryl methyl sites for hydroxylation is 2. The highest BCUT2D eigenvalue weighted by Crippen LogP contribution is 2.27. The molecule has 0 radical (unpaired) electrons. The molecule has 0 bridgehead atoms. The molecule has 32 heavy (non-hydrogen) atoms. The minimum atomic E-state index is -3.64. The van der Waals surface area contributed by atoms with Crippen LogP contribution in [0.2, 0.25) is 5.02 Å². The van der Waals surface area contributed by atoms with Crippen LogP contribution in [0.5, 0.6) is 5.75 Å². The number of halogens is 1. The number of nitrogens with zero attached hydrogens (tertiary/aromatic N) is 2. The fraction of sp³-hybridized carbons (Fsp3) is 0.364. The SMILES string of the molecule is Cc1ccc(C)c(S(=O)(=O)N2CCN(C(=O)CCC(=O)Nc3cc(Cl)ccc3O)CC2)c1. The number of amides is 2. The average Bonchev–Trinajstić information content (AvgIpc) is 2.76. The molecule has 172 valence electrons. The lowest BCUT2D eigenvalue weighted by molar-refractivity contribution is -0.133. The largest absolute Gasteiger partial charge is 0.506 e. The molecule has 10 heteroatoms. The highest BCUT2D eigenvalue weighted by Gasteiger charge is 2.31. The van der Waals surface area contributed by atoms with Gasteiger partial charge >= 0.3 is 0 Å². The van der Waals surface area contributed by atoms with E-state index < -0.39 is 15.9 Å². The predicted octanol–water partition coefficient (Wildman–Crippen LogP) is 2.91. The number of carbonyl (C=O) groups is 2. The first kappa shape index (κ1) is 24.0. The minimum absolute atomic E-state index is 0.0170. The third-order valence-corrected chi connectivity index (χ3v) is 7.63. The Balaban J connectivity index is 1.52. The van der Waals surface area contributed by atoms with Gasteiger partial charge in [-0.1, -0.05) is 23.7 Å². The first-order chi connectivity index (χ1) is 15.1. The van der Waals surface area contributed by atoms with Gasteiger partial charge in [0.15, 0.2) is 0 Å². The van der Waals surface area contributed by atoms with Crippen molar-refractivity contribution in [3.8, 4) is 5.75 Å². The average molecular weight is 480 g/mol. The number of sulfonamides is 1. The van der Waals surface area contributed by atoms with E-state index in [4.69, 9.17) is 11.6 Å². The highest BCUT2D eigenvalue weighted by molar-refractivity contribution is 7.89. The number of phenols is 1. The summed E-state index contributed by atoms with van der Waals surface area (Å²) in [5, 5.41) is 12.7. The molecule has 1 saturated heterocycles. The Kier molecular flexibility index (Phi) is 7.43. The molecule has 2 aromatic carbocycles. The fourth-order valence-electron chi connectivity index (χ4n) is 3.50. The van der Waals surface area contributed by atoms with E-state index in [0.717, 1.165) is 5.56 Å². The molecule has 1 heterocycles. The van der Waals surface area contributed by atoms with Gasteiger partial charge in [0, 0.05) is 44.0 Å². The van der Waals surface area contributed by atoms with Crippen LogP contribution < -0.4 is 5.32 Å². The summed E-state index contributed by atoms with van der Waals surface area (Å²) in [6.07, 6.45) is -0.0807.